The second-order valence-electron chi connectivity index (χ2n) is 5.57. The van der Waals surface area contributed by atoms with Crippen molar-refractivity contribution in [2.75, 3.05) is 20.2 Å². The number of amides is 1. The van der Waals surface area contributed by atoms with Crippen LogP contribution >= 0.6 is 11.3 Å². The largest absolute Gasteiger partial charge is 0.495 e. The first kappa shape index (κ1) is 16.3. The highest BCUT2D eigenvalue weighted by atomic mass is 32.1. The number of rotatable bonds is 4. The van der Waals surface area contributed by atoms with Crippen LogP contribution in [0.15, 0.2) is 35.7 Å². The van der Waals surface area contributed by atoms with Crippen LogP contribution in [0.1, 0.15) is 28.1 Å². The van der Waals surface area contributed by atoms with E-state index in [0.717, 1.165) is 12.8 Å². The lowest BCUT2D eigenvalue weighted by Gasteiger charge is -2.32. The van der Waals surface area contributed by atoms with Crippen LogP contribution in [0.5, 0.6) is 11.5 Å². The minimum absolute atomic E-state index is 0.0202. The standard InChI is InChI=1S/C18H18N2O3S/c1-22-16-7-10-24-17(16)18(21)20-8-5-14(6-9-20)23-15-4-2-3-13(11-15)12-19/h2-4,7,10-11,14H,5-6,8-9H2,1H3. The quantitative estimate of drug-likeness (QED) is 0.855. The molecule has 0 radical (unpaired) electrons. The fourth-order valence-corrected chi connectivity index (χ4v) is 3.59. The van der Waals surface area contributed by atoms with E-state index in [4.69, 9.17) is 14.7 Å². The Kier molecular flexibility index (Phi) is 5.02. The van der Waals surface area contributed by atoms with Gasteiger partial charge in [-0.2, -0.15) is 5.26 Å². The van der Waals surface area contributed by atoms with Gasteiger partial charge in [-0.1, -0.05) is 6.07 Å². The minimum Gasteiger partial charge on any atom is -0.495 e. The predicted octanol–water partition coefficient (Wildman–Crippen LogP) is 3.31. The van der Waals surface area contributed by atoms with Gasteiger partial charge in [0.2, 0.25) is 0 Å². The summed E-state index contributed by atoms with van der Waals surface area (Å²) in [5, 5.41) is 10.8. The summed E-state index contributed by atoms with van der Waals surface area (Å²) in [6.45, 7) is 1.31. The Morgan fingerprint density at radius 1 is 1.33 bits per heavy atom. The summed E-state index contributed by atoms with van der Waals surface area (Å²) in [6, 6.07) is 11.1. The Labute approximate surface area is 145 Å². The number of likely N-dealkylation sites (tertiary alicyclic amines) is 1. The SMILES string of the molecule is COc1ccsc1C(=O)N1CCC(Oc2cccc(C#N)c2)CC1. The molecule has 1 aliphatic heterocycles. The lowest BCUT2D eigenvalue weighted by Crippen LogP contribution is -2.41. The Bertz CT molecular complexity index is 758. The minimum atomic E-state index is 0.0202. The summed E-state index contributed by atoms with van der Waals surface area (Å²) in [4.78, 5) is 15.1. The van der Waals surface area contributed by atoms with Gasteiger partial charge in [0, 0.05) is 25.9 Å². The number of carbonyl (C=O) groups excluding carboxylic acids is 1. The monoisotopic (exact) mass is 342 g/mol. The second kappa shape index (κ2) is 7.37. The van der Waals surface area contributed by atoms with Crippen molar-refractivity contribution in [2.24, 2.45) is 0 Å². The molecule has 0 atom stereocenters. The number of nitrogens with zero attached hydrogens (tertiary/aromatic N) is 2. The van der Waals surface area contributed by atoms with Crippen molar-refractivity contribution >= 4 is 17.2 Å². The van der Waals surface area contributed by atoms with Gasteiger partial charge in [-0.15, -0.1) is 11.3 Å². The van der Waals surface area contributed by atoms with Gasteiger partial charge in [0.25, 0.3) is 5.91 Å². The number of nitriles is 1. The summed E-state index contributed by atoms with van der Waals surface area (Å²) in [5.74, 6) is 1.36. The molecule has 2 heterocycles. The first-order valence-electron chi connectivity index (χ1n) is 7.79. The average molecular weight is 342 g/mol. The van der Waals surface area contributed by atoms with Crippen LogP contribution in [-0.4, -0.2) is 37.1 Å². The zero-order valence-corrected chi connectivity index (χ0v) is 14.2. The van der Waals surface area contributed by atoms with Crippen LogP contribution < -0.4 is 9.47 Å². The molecule has 24 heavy (non-hydrogen) atoms. The fraction of sp³-hybridized carbons (Fsp3) is 0.333. The third-order valence-corrected chi connectivity index (χ3v) is 4.92. The van der Waals surface area contributed by atoms with Crippen LogP contribution in [0.25, 0.3) is 0 Å². The normalized spacial score (nSPS) is 14.9. The molecule has 1 aliphatic rings. The number of methoxy groups -OCH3 is 1. The van der Waals surface area contributed by atoms with E-state index in [1.807, 2.05) is 28.5 Å². The average Bonchev–Trinajstić information content (AvgIpc) is 3.10. The van der Waals surface area contributed by atoms with Gasteiger partial charge in [-0.05, 0) is 29.6 Å². The van der Waals surface area contributed by atoms with Gasteiger partial charge in [-0.25, -0.2) is 0 Å². The number of hydrogen-bond donors (Lipinski definition) is 0. The highest BCUT2D eigenvalue weighted by Crippen LogP contribution is 2.28. The van der Waals surface area contributed by atoms with Gasteiger partial charge in [0.05, 0.1) is 18.7 Å². The zero-order valence-electron chi connectivity index (χ0n) is 13.4. The summed E-state index contributed by atoms with van der Waals surface area (Å²) in [5.41, 5.74) is 0.588. The van der Waals surface area contributed by atoms with E-state index in [2.05, 4.69) is 6.07 Å². The summed E-state index contributed by atoms with van der Waals surface area (Å²) >= 11 is 1.41. The van der Waals surface area contributed by atoms with Crippen molar-refractivity contribution in [1.82, 2.24) is 4.90 Å². The lowest BCUT2D eigenvalue weighted by molar-refractivity contribution is 0.0597. The summed E-state index contributed by atoms with van der Waals surface area (Å²) < 4.78 is 11.2. The molecule has 1 aromatic heterocycles. The smallest absolute Gasteiger partial charge is 0.267 e. The maximum atomic E-state index is 12.6. The van der Waals surface area contributed by atoms with Crippen molar-refractivity contribution in [2.45, 2.75) is 18.9 Å². The highest BCUT2D eigenvalue weighted by molar-refractivity contribution is 7.12. The Morgan fingerprint density at radius 3 is 2.83 bits per heavy atom. The molecule has 2 aromatic rings. The Morgan fingerprint density at radius 2 is 2.12 bits per heavy atom. The maximum absolute atomic E-state index is 12.6. The number of thiophene rings is 1. The molecule has 124 valence electrons. The van der Waals surface area contributed by atoms with Crippen LogP contribution in [-0.2, 0) is 0 Å². The van der Waals surface area contributed by atoms with E-state index in [-0.39, 0.29) is 12.0 Å². The molecular weight excluding hydrogens is 324 g/mol. The van der Waals surface area contributed by atoms with Crippen LogP contribution in [0.4, 0.5) is 0 Å². The maximum Gasteiger partial charge on any atom is 0.267 e. The van der Waals surface area contributed by atoms with Crippen molar-refractivity contribution in [3.05, 3.63) is 46.2 Å². The van der Waals surface area contributed by atoms with Gasteiger partial charge < -0.3 is 14.4 Å². The van der Waals surface area contributed by atoms with E-state index in [0.29, 0.717) is 35.0 Å². The molecule has 1 fully saturated rings. The van der Waals surface area contributed by atoms with E-state index >= 15 is 0 Å². The molecule has 1 aromatic carbocycles. The van der Waals surface area contributed by atoms with Crippen molar-refractivity contribution in [1.29, 1.82) is 5.26 Å². The number of benzene rings is 1. The highest BCUT2D eigenvalue weighted by Gasteiger charge is 2.27. The van der Waals surface area contributed by atoms with Gasteiger partial charge in [0.1, 0.15) is 22.5 Å². The molecule has 0 bridgehead atoms. The molecular formula is C18H18N2O3S. The van der Waals surface area contributed by atoms with Crippen molar-refractivity contribution in [3.8, 4) is 17.6 Å². The molecule has 0 saturated carbocycles. The summed E-state index contributed by atoms with van der Waals surface area (Å²) in [6.07, 6.45) is 1.61. The first-order chi connectivity index (χ1) is 11.7. The van der Waals surface area contributed by atoms with Gasteiger partial charge in [0.15, 0.2) is 0 Å². The van der Waals surface area contributed by atoms with Crippen molar-refractivity contribution < 1.29 is 14.3 Å². The number of hydrogen-bond acceptors (Lipinski definition) is 5. The molecule has 0 aliphatic carbocycles. The van der Waals surface area contributed by atoms with Gasteiger partial charge >= 0.3 is 0 Å². The second-order valence-corrected chi connectivity index (χ2v) is 6.48. The molecule has 5 nitrogen and oxygen atoms in total. The van der Waals surface area contributed by atoms with E-state index in [9.17, 15) is 4.79 Å². The third-order valence-electron chi connectivity index (χ3n) is 4.04. The van der Waals surface area contributed by atoms with E-state index in [1.165, 1.54) is 11.3 Å². The predicted molar refractivity (Wildman–Crippen MR) is 91.6 cm³/mol. The summed E-state index contributed by atoms with van der Waals surface area (Å²) in [7, 11) is 1.58. The number of ether oxygens (including phenoxy) is 2. The Balaban J connectivity index is 1.57. The molecule has 0 unspecified atom stereocenters. The molecule has 1 saturated heterocycles. The molecule has 3 rings (SSSR count). The van der Waals surface area contributed by atoms with Gasteiger partial charge in [-0.3, -0.25) is 4.79 Å². The third kappa shape index (κ3) is 3.52. The molecule has 0 N–H and O–H groups in total. The van der Waals surface area contributed by atoms with E-state index < -0.39 is 0 Å². The number of carbonyl (C=O) groups is 1. The molecule has 0 spiro atoms. The zero-order chi connectivity index (χ0) is 16.9. The molecule has 6 heteroatoms. The first-order valence-corrected chi connectivity index (χ1v) is 8.67. The Hall–Kier alpha value is -2.52. The molecule has 1 amide bonds. The van der Waals surface area contributed by atoms with Crippen LogP contribution in [0.2, 0.25) is 0 Å². The van der Waals surface area contributed by atoms with Crippen LogP contribution in [0.3, 0.4) is 0 Å². The van der Waals surface area contributed by atoms with E-state index in [1.54, 1.807) is 19.2 Å². The van der Waals surface area contributed by atoms with Crippen molar-refractivity contribution in [3.63, 3.8) is 0 Å². The lowest BCUT2D eigenvalue weighted by atomic mass is 10.1. The van der Waals surface area contributed by atoms with Crippen LogP contribution in [0, 0.1) is 11.3 Å². The fourth-order valence-electron chi connectivity index (χ4n) is 2.77. The number of piperidine rings is 1. The topological polar surface area (TPSA) is 62.6 Å².